The van der Waals surface area contributed by atoms with Crippen molar-refractivity contribution in [2.24, 2.45) is 0 Å². The second-order valence-corrected chi connectivity index (χ2v) is 7.65. The Labute approximate surface area is 189 Å². The Morgan fingerprint density at radius 1 is 1.09 bits per heavy atom. The zero-order chi connectivity index (χ0) is 23.3. The molecule has 0 aliphatic heterocycles. The lowest BCUT2D eigenvalue weighted by atomic mass is 10.1. The predicted molar refractivity (Wildman–Crippen MR) is 116 cm³/mol. The minimum Gasteiger partial charge on any atom is -0.478 e. The van der Waals surface area contributed by atoms with Gasteiger partial charge >= 0.3 is 12.3 Å². The van der Waals surface area contributed by atoms with Crippen LogP contribution in [0.5, 0.6) is 5.75 Å². The zero-order valence-corrected chi connectivity index (χ0v) is 18.1. The van der Waals surface area contributed by atoms with Gasteiger partial charge in [-0.25, -0.2) is 4.79 Å². The van der Waals surface area contributed by atoms with Crippen LogP contribution < -0.4 is 15.6 Å². The Hall–Kier alpha value is -3.27. The molecular formula is C22H18BrF3N2O4. The van der Waals surface area contributed by atoms with Crippen LogP contribution in [0.4, 0.5) is 18.9 Å². The lowest BCUT2D eigenvalue weighted by Gasteiger charge is -2.16. The Kier molecular flexibility index (Phi) is 7.24. The molecule has 32 heavy (non-hydrogen) atoms. The Morgan fingerprint density at radius 2 is 1.81 bits per heavy atom. The van der Waals surface area contributed by atoms with Crippen LogP contribution >= 0.6 is 15.9 Å². The largest absolute Gasteiger partial charge is 0.573 e. The van der Waals surface area contributed by atoms with Crippen molar-refractivity contribution in [1.29, 1.82) is 0 Å². The summed E-state index contributed by atoms with van der Waals surface area (Å²) in [5.41, 5.74) is 1.81. The van der Waals surface area contributed by atoms with E-state index in [-0.39, 0.29) is 23.4 Å². The van der Waals surface area contributed by atoms with Gasteiger partial charge in [0.05, 0.1) is 17.8 Å². The summed E-state index contributed by atoms with van der Waals surface area (Å²) in [6.07, 6.45) is -4.30. The molecule has 0 bridgehead atoms. The summed E-state index contributed by atoms with van der Waals surface area (Å²) in [7, 11) is 0. The standard InChI is InChI=1S/C22H18BrF3N2O4/c23-18-8-9-20(29)28(11-10-14-4-6-15(7-5-14)21(30)31)19(18)13-27-16-2-1-3-17(12-16)32-22(24,25)26/h1-9,12,27H,10-11,13H2,(H,30,31). The van der Waals surface area contributed by atoms with Crippen LogP contribution in [-0.2, 0) is 19.5 Å². The molecule has 0 amide bonds. The van der Waals surface area contributed by atoms with Gasteiger partial charge in [-0.1, -0.05) is 18.2 Å². The molecule has 2 N–H and O–H groups in total. The summed E-state index contributed by atoms with van der Waals surface area (Å²) < 4.78 is 43.5. The summed E-state index contributed by atoms with van der Waals surface area (Å²) in [4.78, 5) is 23.4. The lowest BCUT2D eigenvalue weighted by Crippen LogP contribution is -2.25. The number of pyridine rings is 1. The average Bonchev–Trinajstić information content (AvgIpc) is 2.73. The van der Waals surface area contributed by atoms with E-state index in [1.54, 1.807) is 28.8 Å². The molecule has 0 fully saturated rings. The highest BCUT2D eigenvalue weighted by Crippen LogP contribution is 2.25. The molecule has 168 valence electrons. The fourth-order valence-corrected chi connectivity index (χ4v) is 3.55. The number of ether oxygens (including phenoxy) is 1. The third-order valence-electron chi connectivity index (χ3n) is 4.59. The number of hydrogen-bond donors (Lipinski definition) is 2. The van der Waals surface area contributed by atoms with Crippen molar-refractivity contribution in [3.8, 4) is 5.75 Å². The number of nitrogens with one attached hydrogen (secondary N) is 1. The number of aromatic carboxylic acids is 1. The predicted octanol–water partition coefficient (Wildman–Crippen LogP) is 5.06. The van der Waals surface area contributed by atoms with Gasteiger partial charge in [0.1, 0.15) is 5.75 Å². The monoisotopic (exact) mass is 510 g/mol. The molecule has 1 aromatic heterocycles. The first-order valence-electron chi connectivity index (χ1n) is 9.42. The lowest BCUT2D eigenvalue weighted by molar-refractivity contribution is -0.274. The smallest absolute Gasteiger partial charge is 0.478 e. The number of nitrogens with zero attached hydrogens (tertiary/aromatic N) is 1. The molecule has 0 aliphatic rings. The molecule has 0 saturated heterocycles. The summed E-state index contributed by atoms with van der Waals surface area (Å²) >= 11 is 3.42. The van der Waals surface area contributed by atoms with Crippen molar-refractivity contribution in [2.75, 3.05) is 5.32 Å². The van der Waals surface area contributed by atoms with E-state index in [0.717, 1.165) is 5.56 Å². The number of benzene rings is 2. The van der Waals surface area contributed by atoms with Crippen molar-refractivity contribution < 1.29 is 27.8 Å². The zero-order valence-electron chi connectivity index (χ0n) is 16.5. The summed E-state index contributed by atoms with van der Waals surface area (Å²) in [6.45, 7) is 0.503. The van der Waals surface area contributed by atoms with Gasteiger partial charge in [0.15, 0.2) is 0 Å². The van der Waals surface area contributed by atoms with Crippen molar-refractivity contribution in [3.05, 3.63) is 92.3 Å². The summed E-state index contributed by atoms with van der Waals surface area (Å²) in [5, 5.41) is 12.0. The van der Waals surface area contributed by atoms with Crippen LogP contribution in [-0.4, -0.2) is 22.0 Å². The molecule has 1 heterocycles. The molecule has 2 aromatic carbocycles. The van der Waals surface area contributed by atoms with Gasteiger partial charge < -0.3 is 19.7 Å². The first kappa shape index (κ1) is 23.4. The maximum absolute atomic E-state index is 12.5. The first-order valence-corrected chi connectivity index (χ1v) is 10.2. The minimum absolute atomic E-state index is 0.171. The summed E-state index contributed by atoms with van der Waals surface area (Å²) in [6, 6.07) is 14.8. The number of carboxylic acids is 1. The molecule has 3 rings (SSSR count). The number of aryl methyl sites for hydroxylation is 1. The number of rotatable bonds is 8. The van der Waals surface area contributed by atoms with E-state index in [1.807, 2.05) is 0 Å². The van der Waals surface area contributed by atoms with Crippen LogP contribution in [0, 0.1) is 0 Å². The molecule has 0 aliphatic carbocycles. The normalized spacial score (nSPS) is 11.2. The Morgan fingerprint density at radius 3 is 2.47 bits per heavy atom. The first-order chi connectivity index (χ1) is 15.1. The van der Waals surface area contributed by atoms with Crippen molar-refractivity contribution in [1.82, 2.24) is 4.57 Å². The molecule has 10 heteroatoms. The van der Waals surface area contributed by atoms with E-state index in [4.69, 9.17) is 5.11 Å². The third-order valence-corrected chi connectivity index (χ3v) is 5.31. The second-order valence-electron chi connectivity index (χ2n) is 6.80. The molecular weight excluding hydrogens is 493 g/mol. The SMILES string of the molecule is O=C(O)c1ccc(CCn2c(CNc3cccc(OC(F)(F)F)c3)c(Br)ccc2=O)cc1. The van der Waals surface area contributed by atoms with E-state index in [1.165, 1.54) is 36.4 Å². The van der Waals surface area contributed by atoms with Crippen LogP contribution in [0.2, 0.25) is 0 Å². The van der Waals surface area contributed by atoms with Crippen LogP contribution in [0.3, 0.4) is 0 Å². The fraction of sp³-hybridized carbons (Fsp3) is 0.182. The van der Waals surface area contributed by atoms with E-state index in [9.17, 15) is 22.8 Å². The van der Waals surface area contributed by atoms with Crippen molar-refractivity contribution in [2.45, 2.75) is 25.9 Å². The highest BCUT2D eigenvalue weighted by atomic mass is 79.9. The number of alkyl halides is 3. The Bertz CT molecular complexity index is 1160. The fourth-order valence-electron chi connectivity index (χ4n) is 3.06. The number of carboxylic acid groups (broad SMARTS) is 1. The minimum atomic E-state index is -4.79. The highest BCUT2D eigenvalue weighted by molar-refractivity contribution is 9.10. The molecule has 0 unspecified atom stereocenters. The third kappa shape index (κ3) is 6.36. The quantitative estimate of drug-likeness (QED) is 0.442. The molecule has 0 atom stereocenters. The van der Waals surface area contributed by atoms with Gasteiger partial charge in [-0.05, 0) is 58.2 Å². The number of carbonyl (C=O) groups is 1. The van der Waals surface area contributed by atoms with Gasteiger partial charge in [0.2, 0.25) is 0 Å². The molecule has 0 saturated carbocycles. The topological polar surface area (TPSA) is 80.6 Å². The molecule has 3 aromatic rings. The van der Waals surface area contributed by atoms with Gasteiger partial charge in [0.25, 0.3) is 5.56 Å². The maximum atomic E-state index is 12.5. The van der Waals surface area contributed by atoms with E-state index in [2.05, 4.69) is 26.0 Å². The van der Waals surface area contributed by atoms with Gasteiger partial charge in [-0.2, -0.15) is 0 Å². The molecule has 6 nitrogen and oxygen atoms in total. The summed E-state index contributed by atoms with van der Waals surface area (Å²) in [5.74, 6) is -1.37. The van der Waals surface area contributed by atoms with E-state index >= 15 is 0 Å². The van der Waals surface area contributed by atoms with E-state index in [0.29, 0.717) is 28.8 Å². The van der Waals surface area contributed by atoms with Crippen LogP contribution in [0.1, 0.15) is 21.6 Å². The van der Waals surface area contributed by atoms with Gasteiger partial charge in [0, 0.05) is 28.8 Å². The van der Waals surface area contributed by atoms with Crippen molar-refractivity contribution >= 4 is 27.6 Å². The van der Waals surface area contributed by atoms with Gasteiger partial charge in [-0.15, -0.1) is 13.2 Å². The number of anilines is 1. The highest BCUT2D eigenvalue weighted by Gasteiger charge is 2.31. The van der Waals surface area contributed by atoms with Crippen LogP contribution in [0.15, 0.2) is 69.9 Å². The molecule has 0 radical (unpaired) electrons. The maximum Gasteiger partial charge on any atom is 0.573 e. The molecule has 0 spiro atoms. The number of aromatic nitrogens is 1. The van der Waals surface area contributed by atoms with Crippen LogP contribution in [0.25, 0.3) is 0 Å². The Balaban J connectivity index is 1.75. The average molecular weight is 511 g/mol. The number of halogens is 4. The number of hydrogen-bond acceptors (Lipinski definition) is 4. The van der Waals surface area contributed by atoms with E-state index < -0.39 is 12.3 Å². The van der Waals surface area contributed by atoms with Gasteiger partial charge in [-0.3, -0.25) is 4.79 Å². The van der Waals surface area contributed by atoms with Crippen molar-refractivity contribution in [3.63, 3.8) is 0 Å². The second kappa shape index (κ2) is 9.90.